The first kappa shape index (κ1) is 23.0. The molecule has 0 saturated heterocycles. The maximum Gasteiger partial charge on any atom is 0.280 e. The third kappa shape index (κ3) is 5.92. The van der Waals surface area contributed by atoms with E-state index in [0.29, 0.717) is 0 Å². The molecule has 166 valence electrons. The van der Waals surface area contributed by atoms with E-state index in [2.05, 4.69) is 5.32 Å². The zero-order valence-electron chi connectivity index (χ0n) is 17.4. The highest BCUT2D eigenvalue weighted by Crippen LogP contribution is 2.36. The number of halogens is 1. The quantitative estimate of drug-likeness (QED) is 0.228. The number of hydrogen-bond donors (Lipinski definition) is 1. The first-order valence-electron chi connectivity index (χ1n) is 9.63. The lowest BCUT2D eigenvalue weighted by molar-refractivity contribution is -0.385. The first-order valence-corrected chi connectivity index (χ1v) is 9.63. The number of ether oxygens (including phenoxy) is 2. The number of anilines is 1. The molecular formula is C24H18FN3O5. The average molecular weight is 447 g/mol. The van der Waals surface area contributed by atoms with Crippen LogP contribution in [0.25, 0.3) is 6.08 Å². The summed E-state index contributed by atoms with van der Waals surface area (Å²) in [6, 6.07) is 18.4. The number of nitrogens with one attached hydrogen (secondary N) is 1. The highest BCUT2D eigenvalue weighted by molar-refractivity contribution is 6.10. The summed E-state index contributed by atoms with van der Waals surface area (Å²) in [5.74, 6) is -0.957. The molecule has 1 N–H and O–H groups in total. The second-order valence-corrected chi connectivity index (χ2v) is 6.72. The van der Waals surface area contributed by atoms with E-state index in [9.17, 15) is 24.6 Å². The molecule has 0 spiro atoms. The van der Waals surface area contributed by atoms with Gasteiger partial charge < -0.3 is 14.8 Å². The van der Waals surface area contributed by atoms with Crippen LogP contribution in [0.4, 0.5) is 15.8 Å². The number of hydrogen-bond acceptors (Lipinski definition) is 6. The van der Waals surface area contributed by atoms with E-state index in [4.69, 9.17) is 9.47 Å². The molecule has 33 heavy (non-hydrogen) atoms. The highest BCUT2D eigenvalue weighted by Gasteiger charge is 2.21. The third-order valence-corrected chi connectivity index (χ3v) is 4.51. The van der Waals surface area contributed by atoms with E-state index in [1.807, 2.05) is 30.3 Å². The fourth-order valence-corrected chi connectivity index (χ4v) is 2.88. The van der Waals surface area contributed by atoms with Crippen LogP contribution in [0.1, 0.15) is 11.1 Å². The Balaban J connectivity index is 1.92. The van der Waals surface area contributed by atoms with Gasteiger partial charge in [0.05, 0.1) is 23.7 Å². The average Bonchev–Trinajstić information content (AvgIpc) is 2.83. The van der Waals surface area contributed by atoms with Gasteiger partial charge in [-0.2, -0.15) is 5.26 Å². The van der Waals surface area contributed by atoms with Gasteiger partial charge in [0, 0.05) is 5.69 Å². The molecule has 0 aliphatic carbocycles. The molecule has 0 saturated carbocycles. The molecule has 0 fully saturated rings. The molecule has 8 nitrogen and oxygen atoms in total. The van der Waals surface area contributed by atoms with Crippen LogP contribution >= 0.6 is 0 Å². The molecule has 3 aromatic carbocycles. The summed E-state index contributed by atoms with van der Waals surface area (Å²) in [4.78, 5) is 23.5. The van der Waals surface area contributed by atoms with Crippen molar-refractivity contribution in [1.82, 2.24) is 0 Å². The van der Waals surface area contributed by atoms with Crippen molar-refractivity contribution in [3.05, 3.63) is 99.4 Å². The molecule has 0 radical (unpaired) electrons. The Morgan fingerprint density at radius 3 is 2.45 bits per heavy atom. The lowest BCUT2D eigenvalue weighted by atomic mass is 10.1. The second kappa shape index (κ2) is 10.5. The smallest absolute Gasteiger partial charge is 0.280 e. The van der Waals surface area contributed by atoms with Gasteiger partial charge in [-0.05, 0) is 42.0 Å². The summed E-state index contributed by atoms with van der Waals surface area (Å²) in [5.41, 5.74) is 0.341. The highest BCUT2D eigenvalue weighted by atomic mass is 19.1. The second-order valence-electron chi connectivity index (χ2n) is 6.72. The van der Waals surface area contributed by atoms with Gasteiger partial charge in [-0.25, -0.2) is 4.39 Å². The molecule has 0 aliphatic heterocycles. The minimum absolute atomic E-state index is 0.0188. The van der Waals surface area contributed by atoms with Crippen molar-refractivity contribution in [3.63, 3.8) is 0 Å². The monoisotopic (exact) mass is 447 g/mol. The molecule has 3 rings (SSSR count). The van der Waals surface area contributed by atoms with Crippen molar-refractivity contribution in [2.45, 2.75) is 6.61 Å². The molecule has 0 unspecified atom stereocenters. The van der Waals surface area contributed by atoms with Crippen molar-refractivity contribution in [3.8, 4) is 17.6 Å². The van der Waals surface area contributed by atoms with Gasteiger partial charge >= 0.3 is 0 Å². The van der Waals surface area contributed by atoms with Crippen LogP contribution in [0.2, 0.25) is 0 Å². The Hall–Kier alpha value is -4.71. The number of amides is 1. The summed E-state index contributed by atoms with van der Waals surface area (Å²) in [7, 11) is 1.37. The molecule has 1 amide bonds. The number of nitriles is 1. The number of carbonyl (C=O) groups is 1. The van der Waals surface area contributed by atoms with Crippen molar-refractivity contribution in [2.24, 2.45) is 0 Å². The van der Waals surface area contributed by atoms with E-state index in [1.165, 1.54) is 31.4 Å². The predicted molar refractivity (Wildman–Crippen MR) is 119 cm³/mol. The van der Waals surface area contributed by atoms with Crippen molar-refractivity contribution in [2.75, 3.05) is 12.4 Å². The largest absolute Gasteiger partial charge is 0.493 e. The Bertz CT molecular complexity index is 1240. The molecule has 0 bridgehead atoms. The maximum absolute atomic E-state index is 13.0. The third-order valence-electron chi connectivity index (χ3n) is 4.51. The molecule has 0 atom stereocenters. The van der Waals surface area contributed by atoms with Gasteiger partial charge in [-0.3, -0.25) is 14.9 Å². The SMILES string of the molecule is COc1cc(C=C(C#N)C(=O)Nc2ccc(F)cc2)c([N+](=O)[O-])cc1OCc1ccccc1. The van der Waals surface area contributed by atoms with Gasteiger partial charge in [-0.15, -0.1) is 0 Å². The van der Waals surface area contributed by atoms with Gasteiger partial charge in [0.25, 0.3) is 11.6 Å². The standard InChI is InChI=1S/C24H18FN3O5/c1-32-22-12-17(11-18(14-26)24(29)27-20-9-7-19(25)8-10-20)21(28(30)31)13-23(22)33-15-16-5-3-2-4-6-16/h2-13H,15H2,1H3,(H,27,29). The molecular weight excluding hydrogens is 429 g/mol. The van der Waals surface area contributed by atoms with E-state index in [0.717, 1.165) is 23.8 Å². The van der Waals surface area contributed by atoms with E-state index in [-0.39, 0.29) is 40.6 Å². The van der Waals surface area contributed by atoms with Crippen molar-refractivity contribution >= 4 is 23.4 Å². The number of carbonyl (C=O) groups excluding carboxylic acids is 1. The summed E-state index contributed by atoms with van der Waals surface area (Å²) in [5, 5.41) is 23.6. The zero-order valence-corrected chi connectivity index (χ0v) is 17.4. The van der Waals surface area contributed by atoms with Crippen molar-refractivity contribution < 1.29 is 23.6 Å². The van der Waals surface area contributed by atoms with Crippen LogP contribution < -0.4 is 14.8 Å². The number of methoxy groups -OCH3 is 1. The normalized spacial score (nSPS) is 10.8. The van der Waals surface area contributed by atoms with Crippen LogP contribution in [-0.4, -0.2) is 17.9 Å². The molecule has 0 heterocycles. The van der Waals surface area contributed by atoms with Crippen LogP contribution in [0, 0.1) is 27.3 Å². The number of nitrogens with zero attached hydrogens (tertiary/aromatic N) is 2. The van der Waals surface area contributed by atoms with E-state index >= 15 is 0 Å². The van der Waals surface area contributed by atoms with E-state index < -0.39 is 16.6 Å². The molecule has 9 heteroatoms. The molecule has 3 aromatic rings. The first-order chi connectivity index (χ1) is 15.9. The summed E-state index contributed by atoms with van der Waals surface area (Å²) in [6.07, 6.45) is 1.08. The Labute approximate surface area is 188 Å². The lowest BCUT2D eigenvalue weighted by Gasteiger charge is -2.12. The fourth-order valence-electron chi connectivity index (χ4n) is 2.88. The maximum atomic E-state index is 13.0. The topological polar surface area (TPSA) is 114 Å². The number of nitro groups is 1. The van der Waals surface area contributed by atoms with Crippen LogP contribution in [0.15, 0.2) is 72.3 Å². The number of benzene rings is 3. The predicted octanol–water partition coefficient (Wildman–Crippen LogP) is 4.87. The van der Waals surface area contributed by atoms with Gasteiger partial charge in [0.2, 0.25) is 0 Å². The minimum atomic E-state index is -0.804. The van der Waals surface area contributed by atoms with Crippen molar-refractivity contribution in [1.29, 1.82) is 5.26 Å². The molecule has 0 aliphatic rings. The van der Waals surface area contributed by atoms with Crippen LogP contribution in [0.3, 0.4) is 0 Å². The Morgan fingerprint density at radius 1 is 1.15 bits per heavy atom. The molecule has 0 aromatic heterocycles. The van der Waals surface area contributed by atoms with Gasteiger partial charge in [-0.1, -0.05) is 30.3 Å². The number of nitro benzene ring substituents is 1. The fraction of sp³-hybridized carbons (Fsp3) is 0.0833. The summed E-state index contributed by atoms with van der Waals surface area (Å²) < 4.78 is 24.0. The lowest BCUT2D eigenvalue weighted by Crippen LogP contribution is -2.13. The Morgan fingerprint density at radius 2 is 1.85 bits per heavy atom. The number of rotatable bonds is 8. The van der Waals surface area contributed by atoms with E-state index in [1.54, 1.807) is 6.07 Å². The van der Waals surface area contributed by atoms with Gasteiger partial charge in [0.1, 0.15) is 24.1 Å². The zero-order chi connectivity index (χ0) is 23.8. The van der Waals surface area contributed by atoms with Crippen LogP contribution in [0.5, 0.6) is 11.5 Å². The summed E-state index contributed by atoms with van der Waals surface area (Å²) in [6.45, 7) is 0.160. The van der Waals surface area contributed by atoms with Gasteiger partial charge in [0.15, 0.2) is 11.5 Å². The Kier molecular flexibility index (Phi) is 7.34. The minimum Gasteiger partial charge on any atom is -0.493 e. The summed E-state index contributed by atoms with van der Waals surface area (Å²) >= 11 is 0. The van der Waals surface area contributed by atoms with Crippen LogP contribution in [-0.2, 0) is 11.4 Å².